The average Bonchev–Trinajstić information content (AvgIpc) is 3.66. The molecule has 34 heavy (non-hydrogen) atoms. The van der Waals surface area contributed by atoms with Crippen LogP contribution < -0.4 is 4.74 Å². The molecular formula is C24H19N5O3S2. The van der Waals surface area contributed by atoms with E-state index in [4.69, 9.17) is 14.3 Å². The summed E-state index contributed by atoms with van der Waals surface area (Å²) >= 11 is 2.94. The fraction of sp³-hybridized carbons (Fsp3) is 0.167. The van der Waals surface area contributed by atoms with E-state index >= 15 is 0 Å². The SMILES string of the molecule is COc1ccc(C2=NN(C(=O)CSc3nnc4sc5ccccc5n34)[C@H](c3ccco3)C2)cc1. The summed E-state index contributed by atoms with van der Waals surface area (Å²) < 4.78 is 14.0. The first-order chi connectivity index (χ1) is 16.7. The number of thioether (sulfide) groups is 1. The van der Waals surface area contributed by atoms with E-state index in [-0.39, 0.29) is 17.7 Å². The van der Waals surface area contributed by atoms with Crippen molar-refractivity contribution in [3.8, 4) is 5.75 Å². The van der Waals surface area contributed by atoms with Crippen LogP contribution in [0.5, 0.6) is 5.75 Å². The Balaban J connectivity index is 1.26. The van der Waals surface area contributed by atoms with E-state index in [1.165, 1.54) is 16.8 Å². The van der Waals surface area contributed by atoms with E-state index in [1.54, 1.807) is 24.7 Å². The smallest absolute Gasteiger partial charge is 0.253 e. The topological polar surface area (TPSA) is 85.2 Å². The molecule has 1 amide bonds. The normalized spacial score (nSPS) is 15.9. The van der Waals surface area contributed by atoms with E-state index in [2.05, 4.69) is 16.3 Å². The predicted octanol–water partition coefficient (Wildman–Crippen LogP) is 5.02. The molecule has 5 aromatic rings. The van der Waals surface area contributed by atoms with E-state index in [0.717, 1.165) is 32.2 Å². The second-order valence-electron chi connectivity index (χ2n) is 7.71. The highest BCUT2D eigenvalue weighted by molar-refractivity contribution is 7.99. The molecular weight excluding hydrogens is 470 g/mol. The molecule has 8 nitrogen and oxygen atoms in total. The van der Waals surface area contributed by atoms with Crippen LogP contribution in [-0.4, -0.2) is 44.1 Å². The van der Waals surface area contributed by atoms with Crippen molar-refractivity contribution < 1.29 is 13.9 Å². The summed E-state index contributed by atoms with van der Waals surface area (Å²) in [6.45, 7) is 0. The number of thiazole rings is 1. The minimum absolute atomic E-state index is 0.119. The molecule has 0 unspecified atom stereocenters. The predicted molar refractivity (Wildman–Crippen MR) is 132 cm³/mol. The van der Waals surface area contributed by atoms with Crippen molar-refractivity contribution in [2.75, 3.05) is 12.9 Å². The standard InChI is InChI=1S/C24H19N5O3S2/c1-31-16-10-8-15(9-11-16)17-13-19(20-6-4-12-32-20)29(27-17)22(30)14-33-23-25-26-24-28(23)18-5-2-3-7-21(18)34-24/h2-12,19H,13-14H2,1H3/t19-/m0/s1. The minimum Gasteiger partial charge on any atom is -0.497 e. The highest BCUT2D eigenvalue weighted by Crippen LogP contribution is 2.35. The minimum atomic E-state index is -0.291. The lowest BCUT2D eigenvalue weighted by molar-refractivity contribution is -0.130. The first-order valence-electron chi connectivity index (χ1n) is 10.6. The fourth-order valence-electron chi connectivity index (χ4n) is 4.04. The molecule has 0 aliphatic carbocycles. The molecule has 1 aliphatic rings. The van der Waals surface area contributed by atoms with Crippen molar-refractivity contribution in [1.29, 1.82) is 0 Å². The van der Waals surface area contributed by atoms with E-state index < -0.39 is 0 Å². The van der Waals surface area contributed by atoms with E-state index in [1.807, 2.05) is 59.0 Å². The molecule has 4 heterocycles. The number of benzene rings is 2. The number of rotatable bonds is 6. The number of carbonyl (C=O) groups excluding carboxylic acids is 1. The molecule has 0 bridgehead atoms. The van der Waals surface area contributed by atoms with Gasteiger partial charge >= 0.3 is 0 Å². The number of carbonyl (C=O) groups is 1. The zero-order chi connectivity index (χ0) is 23.1. The number of nitrogens with zero attached hydrogens (tertiary/aromatic N) is 5. The van der Waals surface area contributed by atoms with Gasteiger partial charge in [-0.15, -0.1) is 10.2 Å². The van der Waals surface area contributed by atoms with Gasteiger partial charge in [0.25, 0.3) is 5.91 Å². The number of hydrogen-bond acceptors (Lipinski definition) is 8. The van der Waals surface area contributed by atoms with Gasteiger partial charge in [0.05, 0.1) is 35.1 Å². The molecule has 0 saturated carbocycles. The van der Waals surface area contributed by atoms with Crippen LogP contribution in [0.25, 0.3) is 15.2 Å². The molecule has 1 atom stereocenters. The van der Waals surface area contributed by atoms with Gasteiger partial charge in [0.2, 0.25) is 4.96 Å². The van der Waals surface area contributed by atoms with Crippen LogP contribution in [0, 0.1) is 0 Å². The lowest BCUT2D eigenvalue weighted by Gasteiger charge is -2.19. The van der Waals surface area contributed by atoms with Gasteiger partial charge in [-0.05, 0) is 54.1 Å². The van der Waals surface area contributed by atoms with Crippen molar-refractivity contribution in [3.05, 3.63) is 78.3 Å². The van der Waals surface area contributed by atoms with Crippen LogP contribution in [0.1, 0.15) is 23.8 Å². The Morgan fingerprint density at radius 2 is 2.00 bits per heavy atom. The molecule has 1 aliphatic heterocycles. The summed E-state index contributed by atoms with van der Waals surface area (Å²) in [6, 6.07) is 19.2. The third kappa shape index (κ3) is 3.64. The summed E-state index contributed by atoms with van der Waals surface area (Å²) in [6.07, 6.45) is 2.19. The fourth-order valence-corrected chi connectivity index (χ4v) is 5.86. The summed E-state index contributed by atoms with van der Waals surface area (Å²) in [7, 11) is 1.63. The van der Waals surface area contributed by atoms with Crippen molar-refractivity contribution in [1.82, 2.24) is 19.6 Å². The second kappa shape index (κ2) is 8.62. The number of furan rings is 1. The van der Waals surface area contributed by atoms with Crippen molar-refractivity contribution in [2.24, 2.45) is 5.10 Å². The highest BCUT2D eigenvalue weighted by atomic mass is 32.2. The number of fused-ring (bicyclic) bond motifs is 3. The van der Waals surface area contributed by atoms with Crippen LogP contribution in [0.2, 0.25) is 0 Å². The molecule has 3 aromatic heterocycles. The average molecular weight is 490 g/mol. The lowest BCUT2D eigenvalue weighted by atomic mass is 10.0. The van der Waals surface area contributed by atoms with Crippen molar-refractivity contribution in [3.63, 3.8) is 0 Å². The number of ether oxygens (including phenoxy) is 1. The van der Waals surface area contributed by atoms with Crippen LogP contribution in [-0.2, 0) is 4.79 Å². The number of para-hydroxylation sites is 1. The summed E-state index contributed by atoms with van der Waals surface area (Å²) in [4.78, 5) is 14.2. The van der Waals surface area contributed by atoms with Gasteiger partial charge in [0.1, 0.15) is 17.6 Å². The van der Waals surface area contributed by atoms with E-state index in [0.29, 0.717) is 17.3 Å². The Kier molecular flexibility index (Phi) is 5.31. The van der Waals surface area contributed by atoms with Crippen LogP contribution in [0.4, 0.5) is 0 Å². The molecule has 2 aromatic carbocycles. The highest BCUT2D eigenvalue weighted by Gasteiger charge is 2.35. The molecule has 0 saturated heterocycles. The first kappa shape index (κ1) is 20.9. The lowest BCUT2D eigenvalue weighted by Crippen LogP contribution is -2.28. The Hall–Kier alpha value is -3.63. The van der Waals surface area contributed by atoms with Gasteiger partial charge in [-0.25, -0.2) is 5.01 Å². The number of aromatic nitrogens is 3. The Bertz CT molecular complexity index is 1500. The molecule has 10 heteroatoms. The maximum Gasteiger partial charge on any atom is 0.253 e. The maximum absolute atomic E-state index is 13.3. The largest absolute Gasteiger partial charge is 0.497 e. The number of amides is 1. The van der Waals surface area contributed by atoms with Gasteiger partial charge in [-0.2, -0.15) is 5.10 Å². The molecule has 0 N–H and O–H groups in total. The van der Waals surface area contributed by atoms with Gasteiger partial charge < -0.3 is 9.15 Å². The van der Waals surface area contributed by atoms with Crippen molar-refractivity contribution >= 4 is 49.9 Å². The third-order valence-electron chi connectivity index (χ3n) is 5.70. The zero-order valence-electron chi connectivity index (χ0n) is 18.1. The van der Waals surface area contributed by atoms with Gasteiger partial charge in [0, 0.05) is 6.42 Å². The summed E-state index contributed by atoms with van der Waals surface area (Å²) in [5.74, 6) is 1.54. The molecule has 0 spiro atoms. The van der Waals surface area contributed by atoms with Crippen LogP contribution in [0.3, 0.4) is 0 Å². The summed E-state index contributed by atoms with van der Waals surface area (Å²) in [5.41, 5.74) is 2.82. The first-order valence-corrected chi connectivity index (χ1v) is 12.4. The Morgan fingerprint density at radius 1 is 1.15 bits per heavy atom. The van der Waals surface area contributed by atoms with E-state index in [9.17, 15) is 4.79 Å². The molecule has 170 valence electrons. The Labute approximate surface area is 202 Å². The molecule has 0 radical (unpaired) electrons. The van der Waals surface area contributed by atoms with Gasteiger partial charge in [0.15, 0.2) is 5.16 Å². The number of hydrogen-bond donors (Lipinski definition) is 0. The monoisotopic (exact) mass is 489 g/mol. The third-order valence-corrected chi connectivity index (χ3v) is 7.62. The maximum atomic E-state index is 13.3. The van der Waals surface area contributed by atoms with Gasteiger partial charge in [-0.1, -0.05) is 35.2 Å². The van der Waals surface area contributed by atoms with Crippen molar-refractivity contribution in [2.45, 2.75) is 17.6 Å². The number of methoxy groups -OCH3 is 1. The van der Waals surface area contributed by atoms with Gasteiger partial charge in [-0.3, -0.25) is 9.20 Å². The number of hydrazone groups is 1. The second-order valence-corrected chi connectivity index (χ2v) is 9.66. The van der Waals surface area contributed by atoms with Crippen LogP contribution in [0.15, 0.2) is 81.6 Å². The zero-order valence-corrected chi connectivity index (χ0v) is 19.8. The molecule has 0 fully saturated rings. The summed E-state index contributed by atoms with van der Waals surface area (Å²) in [5, 5.41) is 15.5. The quantitative estimate of drug-likeness (QED) is 0.312. The van der Waals surface area contributed by atoms with Crippen LogP contribution >= 0.6 is 23.1 Å². The Morgan fingerprint density at radius 3 is 2.79 bits per heavy atom. The molecule has 6 rings (SSSR count).